The van der Waals surface area contributed by atoms with E-state index in [1.165, 1.54) is 0 Å². The first-order chi connectivity index (χ1) is 12.2. The lowest BCUT2D eigenvalue weighted by molar-refractivity contribution is -0.121. The van der Waals surface area contributed by atoms with Gasteiger partial charge >= 0.3 is 0 Å². The first-order valence-electron chi connectivity index (χ1n) is 8.76. The first kappa shape index (κ1) is 18.8. The number of nitrogens with zero attached hydrogens (tertiary/aromatic N) is 2. The summed E-state index contributed by atoms with van der Waals surface area (Å²) in [5, 5.41) is 2.96. The van der Waals surface area contributed by atoms with Crippen LogP contribution in [0.4, 0.5) is 5.82 Å². The molecule has 25 heavy (non-hydrogen) atoms. The summed E-state index contributed by atoms with van der Waals surface area (Å²) >= 11 is 0. The summed E-state index contributed by atoms with van der Waals surface area (Å²) in [5.74, 6) is 1.80. The summed E-state index contributed by atoms with van der Waals surface area (Å²) in [6, 6.07) is 11.8. The van der Waals surface area contributed by atoms with E-state index in [4.69, 9.17) is 4.74 Å². The molecular weight excluding hydrogens is 314 g/mol. The van der Waals surface area contributed by atoms with Crippen molar-refractivity contribution in [3.63, 3.8) is 0 Å². The Morgan fingerprint density at radius 2 is 1.96 bits per heavy atom. The molecule has 1 aromatic heterocycles. The zero-order valence-corrected chi connectivity index (χ0v) is 15.3. The molecule has 2 rings (SSSR count). The maximum atomic E-state index is 12.1. The van der Waals surface area contributed by atoms with E-state index >= 15 is 0 Å². The fraction of sp³-hybridized carbons (Fsp3) is 0.400. The van der Waals surface area contributed by atoms with Crippen LogP contribution in [0.1, 0.15) is 31.4 Å². The first-order valence-corrected chi connectivity index (χ1v) is 8.76. The highest BCUT2D eigenvalue weighted by atomic mass is 16.5. The van der Waals surface area contributed by atoms with Crippen molar-refractivity contribution in [2.24, 2.45) is 0 Å². The van der Waals surface area contributed by atoms with Crippen LogP contribution < -0.4 is 15.0 Å². The van der Waals surface area contributed by atoms with Crippen LogP contribution in [0.3, 0.4) is 0 Å². The number of aromatic nitrogens is 1. The molecule has 0 spiro atoms. The number of hydrogen-bond acceptors (Lipinski definition) is 4. The van der Waals surface area contributed by atoms with Crippen LogP contribution in [0.5, 0.6) is 5.75 Å². The molecule has 5 heteroatoms. The Morgan fingerprint density at radius 3 is 2.68 bits per heavy atom. The molecule has 0 saturated heterocycles. The number of carbonyl (C=O) groups excluding carboxylic acids is 1. The number of para-hydroxylation sites is 1. The SMILES string of the molecule is CCN(CC)c1cc(CCC(=O)NCc2ccccc2OC)ccn1. The monoisotopic (exact) mass is 341 g/mol. The molecule has 2 aromatic rings. The van der Waals surface area contributed by atoms with Crippen molar-refractivity contribution in [1.29, 1.82) is 0 Å². The van der Waals surface area contributed by atoms with E-state index in [0.717, 1.165) is 35.8 Å². The predicted octanol–water partition coefficient (Wildman–Crippen LogP) is 3.19. The Bertz CT molecular complexity index is 684. The van der Waals surface area contributed by atoms with E-state index in [0.29, 0.717) is 19.4 Å². The second-order valence-corrected chi connectivity index (χ2v) is 5.78. The minimum Gasteiger partial charge on any atom is -0.496 e. The van der Waals surface area contributed by atoms with Crippen molar-refractivity contribution in [2.75, 3.05) is 25.1 Å². The van der Waals surface area contributed by atoms with Crippen molar-refractivity contribution >= 4 is 11.7 Å². The zero-order chi connectivity index (χ0) is 18.1. The number of amides is 1. The van der Waals surface area contributed by atoms with Gasteiger partial charge in [0.1, 0.15) is 11.6 Å². The van der Waals surface area contributed by atoms with E-state index < -0.39 is 0 Å². The number of methoxy groups -OCH3 is 1. The zero-order valence-electron chi connectivity index (χ0n) is 15.3. The normalized spacial score (nSPS) is 10.4. The Labute approximate surface area is 150 Å². The average molecular weight is 341 g/mol. The average Bonchev–Trinajstić information content (AvgIpc) is 2.66. The Kier molecular flexibility index (Phi) is 7.26. The minimum atomic E-state index is 0.0344. The number of carbonyl (C=O) groups is 1. The highest BCUT2D eigenvalue weighted by Gasteiger charge is 2.08. The summed E-state index contributed by atoms with van der Waals surface area (Å²) in [7, 11) is 1.64. The molecule has 0 aliphatic heterocycles. The summed E-state index contributed by atoms with van der Waals surface area (Å²) in [5.41, 5.74) is 2.11. The van der Waals surface area contributed by atoms with Crippen molar-refractivity contribution in [3.05, 3.63) is 53.7 Å². The van der Waals surface area contributed by atoms with Crippen LogP contribution in [0.15, 0.2) is 42.6 Å². The van der Waals surface area contributed by atoms with Crippen molar-refractivity contribution in [1.82, 2.24) is 10.3 Å². The van der Waals surface area contributed by atoms with E-state index in [-0.39, 0.29) is 5.91 Å². The second-order valence-electron chi connectivity index (χ2n) is 5.78. The molecule has 0 fully saturated rings. The third-order valence-corrected chi connectivity index (χ3v) is 4.21. The summed E-state index contributed by atoms with van der Waals surface area (Å²) < 4.78 is 5.30. The highest BCUT2D eigenvalue weighted by molar-refractivity contribution is 5.76. The number of anilines is 1. The number of pyridine rings is 1. The van der Waals surface area contributed by atoms with Crippen LogP contribution in [0, 0.1) is 0 Å². The molecule has 134 valence electrons. The van der Waals surface area contributed by atoms with Crippen LogP contribution in [0.25, 0.3) is 0 Å². The van der Waals surface area contributed by atoms with Gasteiger partial charge in [0.05, 0.1) is 7.11 Å². The maximum Gasteiger partial charge on any atom is 0.220 e. The number of hydrogen-bond donors (Lipinski definition) is 1. The van der Waals surface area contributed by atoms with Gasteiger partial charge in [-0.15, -0.1) is 0 Å². The third-order valence-electron chi connectivity index (χ3n) is 4.21. The van der Waals surface area contributed by atoms with Gasteiger partial charge in [-0.25, -0.2) is 4.98 Å². The van der Waals surface area contributed by atoms with Crippen LogP contribution in [-0.4, -0.2) is 31.1 Å². The second kappa shape index (κ2) is 9.67. The fourth-order valence-electron chi connectivity index (χ4n) is 2.73. The number of ether oxygens (including phenoxy) is 1. The number of nitrogens with one attached hydrogen (secondary N) is 1. The lowest BCUT2D eigenvalue weighted by atomic mass is 10.1. The van der Waals surface area contributed by atoms with Gasteiger partial charge < -0.3 is 15.0 Å². The summed E-state index contributed by atoms with van der Waals surface area (Å²) in [6.45, 7) is 6.55. The van der Waals surface area contributed by atoms with Gasteiger partial charge in [-0.1, -0.05) is 18.2 Å². The van der Waals surface area contributed by atoms with E-state index in [1.54, 1.807) is 7.11 Å². The maximum absolute atomic E-state index is 12.1. The summed E-state index contributed by atoms with van der Waals surface area (Å²) in [4.78, 5) is 18.8. The molecule has 0 saturated carbocycles. The Hall–Kier alpha value is -2.56. The predicted molar refractivity (Wildman–Crippen MR) is 101 cm³/mol. The van der Waals surface area contributed by atoms with Gasteiger partial charge in [-0.05, 0) is 44.0 Å². The molecule has 0 unspecified atom stereocenters. The number of aryl methyl sites for hydroxylation is 1. The van der Waals surface area contributed by atoms with Crippen molar-refractivity contribution < 1.29 is 9.53 Å². The van der Waals surface area contributed by atoms with Crippen LogP contribution in [0.2, 0.25) is 0 Å². The standard InChI is InChI=1S/C20H27N3O2/c1-4-23(5-2)19-14-16(12-13-21-19)10-11-20(24)22-15-17-8-6-7-9-18(17)25-3/h6-9,12-14H,4-5,10-11,15H2,1-3H3,(H,22,24). The molecule has 0 atom stereocenters. The van der Waals surface area contributed by atoms with E-state index in [9.17, 15) is 4.79 Å². The molecule has 1 heterocycles. The number of rotatable bonds is 9. The molecule has 0 aliphatic rings. The van der Waals surface area contributed by atoms with E-state index in [2.05, 4.69) is 35.1 Å². The fourth-order valence-corrected chi connectivity index (χ4v) is 2.73. The molecule has 0 radical (unpaired) electrons. The minimum absolute atomic E-state index is 0.0344. The molecule has 5 nitrogen and oxygen atoms in total. The molecule has 0 aliphatic carbocycles. The Balaban J connectivity index is 1.87. The highest BCUT2D eigenvalue weighted by Crippen LogP contribution is 2.17. The Morgan fingerprint density at radius 1 is 1.20 bits per heavy atom. The van der Waals surface area contributed by atoms with Gasteiger partial charge in [0, 0.05) is 37.8 Å². The van der Waals surface area contributed by atoms with Gasteiger partial charge in [0.2, 0.25) is 5.91 Å². The van der Waals surface area contributed by atoms with Crippen molar-refractivity contribution in [3.8, 4) is 5.75 Å². The van der Waals surface area contributed by atoms with Gasteiger partial charge in [0.25, 0.3) is 0 Å². The molecule has 1 N–H and O–H groups in total. The molecule has 1 aromatic carbocycles. The van der Waals surface area contributed by atoms with Gasteiger partial charge in [-0.3, -0.25) is 4.79 Å². The van der Waals surface area contributed by atoms with Gasteiger partial charge in [0.15, 0.2) is 0 Å². The largest absolute Gasteiger partial charge is 0.496 e. The molecule has 1 amide bonds. The smallest absolute Gasteiger partial charge is 0.220 e. The van der Waals surface area contributed by atoms with Crippen LogP contribution >= 0.6 is 0 Å². The quantitative estimate of drug-likeness (QED) is 0.761. The third kappa shape index (κ3) is 5.48. The van der Waals surface area contributed by atoms with E-state index in [1.807, 2.05) is 36.5 Å². The lowest BCUT2D eigenvalue weighted by Gasteiger charge is -2.20. The van der Waals surface area contributed by atoms with Crippen molar-refractivity contribution in [2.45, 2.75) is 33.2 Å². The lowest BCUT2D eigenvalue weighted by Crippen LogP contribution is -2.24. The number of benzene rings is 1. The summed E-state index contributed by atoms with van der Waals surface area (Å²) in [6.07, 6.45) is 2.97. The van der Waals surface area contributed by atoms with Gasteiger partial charge in [-0.2, -0.15) is 0 Å². The van der Waals surface area contributed by atoms with Crippen LogP contribution in [-0.2, 0) is 17.8 Å². The molecular formula is C20H27N3O2. The topological polar surface area (TPSA) is 54.5 Å². The molecule has 0 bridgehead atoms.